The van der Waals surface area contributed by atoms with Crippen molar-refractivity contribution < 1.29 is 4.74 Å². The summed E-state index contributed by atoms with van der Waals surface area (Å²) >= 11 is 3.14. The number of halogens is 1. The van der Waals surface area contributed by atoms with Gasteiger partial charge >= 0.3 is 0 Å². The van der Waals surface area contributed by atoms with Crippen LogP contribution in [0.2, 0.25) is 0 Å². The first kappa shape index (κ1) is 9.54. The summed E-state index contributed by atoms with van der Waals surface area (Å²) in [5, 5.41) is 0. The summed E-state index contributed by atoms with van der Waals surface area (Å²) < 4.78 is 6.22. The predicted octanol–water partition coefficient (Wildman–Crippen LogP) is 1.57. The van der Waals surface area contributed by atoms with Gasteiger partial charge in [0, 0.05) is 12.1 Å². The molecule has 3 heterocycles. The molecule has 2 fully saturated rings. The molecule has 2 aliphatic rings. The second-order valence-corrected chi connectivity index (χ2v) is 5.02. The minimum Gasteiger partial charge on any atom is -0.374 e. The summed E-state index contributed by atoms with van der Waals surface area (Å²) in [4.78, 5) is 18.5. The van der Waals surface area contributed by atoms with Crippen LogP contribution in [0.4, 0.5) is 0 Å². The Morgan fingerprint density at radius 3 is 3.00 bits per heavy atom. The minimum absolute atomic E-state index is 0.109. The van der Waals surface area contributed by atoms with Crippen molar-refractivity contribution in [2.75, 3.05) is 0 Å². The lowest BCUT2D eigenvalue weighted by Crippen LogP contribution is -2.21. The van der Waals surface area contributed by atoms with Gasteiger partial charge in [-0.15, -0.1) is 0 Å². The number of aromatic amines is 1. The Bertz CT molecular complexity index is 445. The lowest BCUT2D eigenvalue weighted by atomic mass is 9.89. The zero-order chi connectivity index (χ0) is 10.4. The lowest BCUT2D eigenvalue weighted by molar-refractivity contribution is 0.0998. The zero-order valence-corrected chi connectivity index (χ0v) is 9.66. The summed E-state index contributed by atoms with van der Waals surface area (Å²) in [6, 6.07) is 0. The number of ether oxygens (including phenoxy) is 1. The number of fused-ring (bicyclic) bond motifs is 2. The van der Waals surface area contributed by atoms with Crippen molar-refractivity contribution in [2.45, 2.75) is 37.4 Å². The minimum atomic E-state index is -0.109. The van der Waals surface area contributed by atoms with Crippen molar-refractivity contribution in [3.05, 3.63) is 26.8 Å². The first-order valence-corrected chi connectivity index (χ1v) is 5.93. The first-order valence-electron chi connectivity index (χ1n) is 5.14. The van der Waals surface area contributed by atoms with Crippen LogP contribution in [0.5, 0.6) is 0 Å². The summed E-state index contributed by atoms with van der Waals surface area (Å²) in [6.07, 6.45) is 5.46. The van der Waals surface area contributed by atoms with Crippen LogP contribution < -0.4 is 5.56 Å². The number of hydrogen-bond donors (Lipinski definition) is 1. The Morgan fingerprint density at radius 1 is 1.53 bits per heavy atom. The molecule has 0 amide bonds. The fraction of sp³-hybridized carbons (Fsp3) is 0.600. The molecule has 0 spiro atoms. The normalized spacial score (nSPS) is 33.5. The number of hydrogen-bond acceptors (Lipinski definition) is 3. The van der Waals surface area contributed by atoms with Crippen LogP contribution in [0, 0.1) is 0 Å². The van der Waals surface area contributed by atoms with Crippen LogP contribution in [0.1, 0.15) is 31.0 Å². The van der Waals surface area contributed by atoms with Crippen LogP contribution in [0.25, 0.3) is 0 Å². The molecule has 0 aromatic carbocycles. The smallest absolute Gasteiger partial charge is 0.265 e. The average molecular weight is 271 g/mol. The number of rotatable bonds is 1. The van der Waals surface area contributed by atoms with Gasteiger partial charge in [-0.3, -0.25) is 4.79 Å². The molecule has 5 heteroatoms. The van der Waals surface area contributed by atoms with E-state index in [1.54, 1.807) is 6.20 Å². The monoisotopic (exact) mass is 270 g/mol. The standard InChI is InChI=1S/C10H11BrN2O2/c11-7-4-12-9(13-10(7)14)6-3-5-1-2-8(6)15-5/h4-6,8H,1-3H2,(H,12,13,14). The second-order valence-electron chi connectivity index (χ2n) is 4.16. The Kier molecular flexibility index (Phi) is 2.17. The van der Waals surface area contributed by atoms with E-state index < -0.39 is 0 Å². The topological polar surface area (TPSA) is 55.0 Å². The van der Waals surface area contributed by atoms with E-state index in [1.165, 1.54) is 0 Å². The van der Waals surface area contributed by atoms with E-state index in [0.29, 0.717) is 10.6 Å². The highest BCUT2D eigenvalue weighted by atomic mass is 79.9. The van der Waals surface area contributed by atoms with Crippen molar-refractivity contribution in [1.29, 1.82) is 0 Å². The van der Waals surface area contributed by atoms with Gasteiger partial charge in [-0.05, 0) is 35.2 Å². The Labute approximate surface area is 95.2 Å². The van der Waals surface area contributed by atoms with E-state index in [-0.39, 0.29) is 17.6 Å². The average Bonchev–Trinajstić information content (AvgIpc) is 2.83. The third-order valence-corrected chi connectivity index (χ3v) is 3.80. The molecule has 1 aromatic rings. The van der Waals surface area contributed by atoms with E-state index in [1.807, 2.05) is 0 Å². The number of H-pyrrole nitrogens is 1. The van der Waals surface area contributed by atoms with E-state index in [2.05, 4.69) is 25.9 Å². The third-order valence-electron chi connectivity index (χ3n) is 3.23. The number of nitrogens with zero attached hydrogens (tertiary/aromatic N) is 1. The summed E-state index contributed by atoms with van der Waals surface area (Å²) in [5.41, 5.74) is -0.109. The van der Waals surface area contributed by atoms with Gasteiger partial charge in [-0.2, -0.15) is 0 Å². The van der Waals surface area contributed by atoms with Crippen LogP contribution in [-0.2, 0) is 4.74 Å². The maximum Gasteiger partial charge on any atom is 0.265 e. The summed E-state index contributed by atoms with van der Waals surface area (Å²) in [5.74, 6) is 1.06. The van der Waals surface area contributed by atoms with E-state index in [0.717, 1.165) is 25.1 Å². The largest absolute Gasteiger partial charge is 0.374 e. The Morgan fingerprint density at radius 2 is 2.40 bits per heavy atom. The van der Waals surface area contributed by atoms with Gasteiger partial charge in [0.2, 0.25) is 0 Å². The summed E-state index contributed by atoms with van der Waals surface area (Å²) in [6.45, 7) is 0. The molecule has 80 valence electrons. The molecule has 4 nitrogen and oxygen atoms in total. The van der Waals surface area contributed by atoms with Gasteiger partial charge in [0.15, 0.2) is 0 Å². The Hall–Kier alpha value is -0.680. The highest BCUT2D eigenvalue weighted by Crippen LogP contribution is 2.43. The van der Waals surface area contributed by atoms with E-state index in [9.17, 15) is 4.79 Å². The third kappa shape index (κ3) is 1.54. The molecule has 3 rings (SSSR count). The quantitative estimate of drug-likeness (QED) is 0.843. The van der Waals surface area contributed by atoms with Gasteiger partial charge < -0.3 is 9.72 Å². The van der Waals surface area contributed by atoms with Gasteiger partial charge in [-0.1, -0.05) is 0 Å². The highest BCUT2D eigenvalue weighted by molar-refractivity contribution is 9.10. The van der Waals surface area contributed by atoms with Crippen molar-refractivity contribution in [1.82, 2.24) is 9.97 Å². The summed E-state index contributed by atoms with van der Waals surface area (Å²) in [7, 11) is 0. The predicted molar refractivity (Wildman–Crippen MR) is 57.8 cm³/mol. The SMILES string of the molecule is O=c1[nH]c(C2CC3CCC2O3)ncc1Br. The molecule has 0 saturated carbocycles. The molecular weight excluding hydrogens is 260 g/mol. The molecule has 2 saturated heterocycles. The van der Waals surface area contributed by atoms with Crippen molar-refractivity contribution >= 4 is 15.9 Å². The van der Waals surface area contributed by atoms with Gasteiger partial charge in [0.05, 0.1) is 12.2 Å². The van der Waals surface area contributed by atoms with Gasteiger partial charge in [-0.25, -0.2) is 4.98 Å². The maximum atomic E-state index is 11.4. The van der Waals surface area contributed by atoms with Crippen LogP contribution in [-0.4, -0.2) is 22.2 Å². The molecule has 3 atom stereocenters. The van der Waals surface area contributed by atoms with Crippen molar-refractivity contribution in [3.8, 4) is 0 Å². The lowest BCUT2D eigenvalue weighted by Gasteiger charge is -2.17. The number of nitrogens with one attached hydrogen (secondary N) is 1. The van der Waals surface area contributed by atoms with E-state index in [4.69, 9.17) is 4.74 Å². The number of aromatic nitrogens is 2. The molecule has 2 aliphatic heterocycles. The first-order chi connectivity index (χ1) is 7.24. The second kappa shape index (κ2) is 3.42. The molecule has 15 heavy (non-hydrogen) atoms. The van der Waals surface area contributed by atoms with E-state index >= 15 is 0 Å². The Balaban J connectivity index is 1.93. The molecule has 0 aliphatic carbocycles. The van der Waals surface area contributed by atoms with Crippen LogP contribution in [0.15, 0.2) is 15.5 Å². The van der Waals surface area contributed by atoms with Gasteiger partial charge in [0.1, 0.15) is 10.3 Å². The van der Waals surface area contributed by atoms with Crippen molar-refractivity contribution in [2.24, 2.45) is 0 Å². The van der Waals surface area contributed by atoms with Crippen LogP contribution in [0.3, 0.4) is 0 Å². The molecule has 1 N–H and O–H groups in total. The fourth-order valence-electron chi connectivity index (χ4n) is 2.51. The zero-order valence-electron chi connectivity index (χ0n) is 8.07. The van der Waals surface area contributed by atoms with Crippen LogP contribution >= 0.6 is 15.9 Å². The van der Waals surface area contributed by atoms with Gasteiger partial charge in [0.25, 0.3) is 5.56 Å². The van der Waals surface area contributed by atoms with Crippen molar-refractivity contribution in [3.63, 3.8) is 0 Å². The molecule has 0 radical (unpaired) electrons. The fourth-order valence-corrected chi connectivity index (χ4v) is 2.71. The molecular formula is C10H11BrN2O2. The molecule has 2 bridgehead atoms. The highest BCUT2D eigenvalue weighted by Gasteiger charge is 2.42. The molecule has 3 unspecified atom stereocenters. The molecule has 1 aromatic heterocycles. The maximum absolute atomic E-state index is 11.4.